The number of aromatic nitrogens is 1. The van der Waals surface area contributed by atoms with Gasteiger partial charge in [0.05, 0.1) is 31.6 Å². The van der Waals surface area contributed by atoms with Crippen molar-refractivity contribution in [3.63, 3.8) is 0 Å². The normalized spacial score (nSPS) is 14.4. The first-order valence-electron chi connectivity index (χ1n) is 10.1. The summed E-state index contributed by atoms with van der Waals surface area (Å²) in [5, 5.41) is 3.33. The minimum Gasteiger partial charge on any atom is -0.496 e. The number of anilines is 1. The lowest BCUT2D eigenvalue weighted by atomic mass is 10.2. The van der Waals surface area contributed by atoms with Crippen molar-refractivity contribution in [2.75, 3.05) is 38.7 Å². The van der Waals surface area contributed by atoms with Gasteiger partial charge in [-0.1, -0.05) is 18.2 Å². The molecule has 4 rings (SSSR count). The molecule has 0 saturated carbocycles. The summed E-state index contributed by atoms with van der Waals surface area (Å²) in [5.41, 5.74) is 2.70. The number of rotatable bonds is 6. The van der Waals surface area contributed by atoms with Crippen LogP contribution in [0.1, 0.15) is 20.9 Å². The Labute approximate surface area is 184 Å². The topological polar surface area (TPSA) is 63.7 Å². The molecule has 162 valence electrons. The number of morpholine rings is 1. The molecule has 3 aromatic rings. The average Bonchev–Trinajstić information content (AvgIpc) is 3.16. The molecule has 0 atom stereocenters. The summed E-state index contributed by atoms with van der Waals surface area (Å²) in [6, 6.07) is 12.4. The molecule has 1 N–H and O–H groups in total. The van der Waals surface area contributed by atoms with Gasteiger partial charge < -0.3 is 14.8 Å². The van der Waals surface area contributed by atoms with Gasteiger partial charge in [0.25, 0.3) is 5.91 Å². The Morgan fingerprint density at radius 1 is 1.23 bits per heavy atom. The van der Waals surface area contributed by atoms with Crippen LogP contribution in [0.5, 0.6) is 5.75 Å². The van der Waals surface area contributed by atoms with Crippen LogP contribution in [-0.2, 0) is 11.3 Å². The van der Waals surface area contributed by atoms with E-state index in [1.54, 1.807) is 19.1 Å². The zero-order valence-electron chi connectivity index (χ0n) is 17.5. The molecular weight excluding hydrogens is 417 g/mol. The van der Waals surface area contributed by atoms with E-state index in [-0.39, 0.29) is 11.5 Å². The molecule has 2 heterocycles. The monoisotopic (exact) mass is 441 g/mol. The molecule has 1 aliphatic heterocycles. The first-order chi connectivity index (χ1) is 15.0. The maximum Gasteiger partial charge on any atom is 0.267 e. The first-order valence-corrected chi connectivity index (χ1v) is 10.9. The average molecular weight is 442 g/mol. The largest absolute Gasteiger partial charge is 0.496 e. The Morgan fingerprint density at radius 3 is 2.68 bits per heavy atom. The van der Waals surface area contributed by atoms with Crippen LogP contribution in [0, 0.1) is 12.7 Å². The number of nitrogens with one attached hydrogen (secondary N) is 1. The van der Waals surface area contributed by atoms with Gasteiger partial charge in [0.2, 0.25) is 0 Å². The fraction of sp³-hybridized carbons (Fsp3) is 0.304. The number of ether oxygens (including phenoxy) is 2. The molecular formula is C23H24FN3O3S. The SMILES string of the molecule is COc1cccc(F)c1-c1nc(C)c(C(=O)Nc2ccc(CN3CCOCC3)cc2)s1. The zero-order chi connectivity index (χ0) is 21.8. The summed E-state index contributed by atoms with van der Waals surface area (Å²) in [6.45, 7) is 6.00. The van der Waals surface area contributed by atoms with Crippen LogP contribution in [0.2, 0.25) is 0 Å². The minimum atomic E-state index is -0.434. The molecule has 1 saturated heterocycles. The second kappa shape index (κ2) is 9.55. The lowest BCUT2D eigenvalue weighted by Crippen LogP contribution is -2.35. The summed E-state index contributed by atoms with van der Waals surface area (Å²) >= 11 is 1.15. The molecule has 0 spiro atoms. The van der Waals surface area contributed by atoms with Crippen molar-refractivity contribution in [2.24, 2.45) is 0 Å². The molecule has 6 nitrogen and oxygen atoms in total. The first kappa shape index (κ1) is 21.4. The number of nitrogens with zero attached hydrogens (tertiary/aromatic N) is 2. The van der Waals surface area contributed by atoms with Crippen molar-refractivity contribution in [3.8, 4) is 16.3 Å². The van der Waals surface area contributed by atoms with E-state index >= 15 is 0 Å². The van der Waals surface area contributed by atoms with E-state index in [0.717, 1.165) is 44.2 Å². The summed E-state index contributed by atoms with van der Waals surface area (Å²) in [4.78, 5) is 20.0. The van der Waals surface area contributed by atoms with Crippen LogP contribution in [0.15, 0.2) is 42.5 Å². The van der Waals surface area contributed by atoms with Gasteiger partial charge >= 0.3 is 0 Å². The van der Waals surface area contributed by atoms with Crippen LogP contribution in [0.25, 0.3) is 10.6 Å². The maximum atomic E-state index is 14.4. The molecule has 1 amide bonds. The summed E-state index contributed by atoms with van der Waals surface area (Å²) in [5.74, 6) is -0.315. The second-order valence-electron chi connectivity index (χ2n) is 7.29. The Morgan fingerprint density at radius 2 is 1.97 bits per heavy atom. The molecule has 8 heteroatoms. The third kappa shape index (κ3) is 4.92. The number of thiazole rings is 1. The van der Waals surface area contributed by atoms with Crippen molar-refractivity contribution >= 4 is 22.9 Å². The minimum absolute atomic E-state index is 0.266. The Hall–Kier alpha value is -2.81. The lowest BCUT2D eigenvalue weighted by Gasteiger charge is -2.26. The third-order valence-electron chi connectivity index (χ3n) is 5.13. The van der Waals surface area contributed by atoms with E-state index < -0.39 is 5.82 Å². The van der Waals surface area contributed by atoms with Gasteiger partial charge in [0.15, 0.2) is 0 Å². The fourth-order valence-electron chi connectivity index (χ4n) is 3.49. The van der Waals surface area contributed by atoms with Crippen molar-refractivity contribution in [1.82, 2.24) is 9.88 Å². The van der Waals surface area contributed by atoms with Crippen LogP contribution >= 0.6 is 11.3 Å². The third-order valence-corrected chi connectivity index (χ3v) is 6.31. The van der Waals surface area contributed by atoms with Gasteiger partial charge in [0, 0.05) is 25.3 Å². The number of carbonyl (C=O) groups excluding carboxylic acids is 1. The molecule has 0 aliphatic carbocycles. The van der Waals surface area contributed by atoms with Gasteiger partial charge in [-0.3, -0.25) is 9.69 Å². The predicted octanol–water partition coefficient (Wildman–Crippen LogP) is 4.35. The number of hydrogen-bond acceptors (Lipinski definition) is 6. The highest BCUT2D eigenvalue weighted by Crippen LogP contribution is 2.36. The van der Waals surface area contributed by atoms with Gasteiger partial charge in [-0.2, -0.15) is 0 Å². The Kier molecular flexibility index (Phi) is 6.60. The van der Waals surface area contributed by atoms with Gasteiger partial charge in [0.1, 0.15) is 21.5 Å². The highest BCUT2D eigenvalue weighted by Gasteiger charge is 2.21. The van der Waals surface area contributed by atoms with Crippen molar-refractivity contribution in [1.29, 1.82) is 0 Å². The maximum absolute atomic E-state index is 14.4. The van der Waals surface area contributed by atoms with E-state index in [4.69, 9.17) is 9.47 Å². The summed E-state index contributed by atoms with van der Waals surface area (Å²) in [6.07, 6.45) is 0. The summed E-state index contributed by atoms with van der Waals surface area (Å²) < 4.78 is 25.0. The number of aryl methyl sites for hydroxylation is 1. The van der Waals surface area contributed by atoms with Crippen LogP contribution in [0.3, 0.4) is 0 Å². The van der Waals surface area contributed by atoms with Gasteiger partial charge in [-0.15, -0.1) is 11.3 Å². The number of hydrogen-bond donors (Lipinski definition) is 1. The molecule has 0 bridgehead atoms. The van der Waals surface area contributed by atoms with E-state index in [2.05, 4.69) is 15.2 Å². The molecule has 2 aromatic carbocycles. The molecule has 1 fully saturated rings. The van der Waals surface area contributed by atoms with E-state index in [0.29, 0.717) is 27.0 Å². The van der Waals surface area contributed by atoms with Crippen molar-refractivity contribution < 1.29 is 18.7 Å². The molecule has 0 radical (unpaired) electrons. The molecule has 0 unspecified atom stereocenters. The fourth-order valence-corrected chi connectivity index (χ4v) is 4.51. The summed E-state index contributed by atoms with van der Waals surface area (Å²) in [7, 11) is 1.48. The number of amides is 1. The quantitative estimate of drug-likeness (QED) is 0.616. The highest BCUT2D eigenvalue weighted by atomic mass is 32.1. The van der Waals surface area contributed by atoms with Crippen molar-refractivity contribution in [2.45, 2.75) is 13.5 Å². The Bertz CT molecular complexity index is 1060. The van der Waals surface area contributed by atoms with Crippen molar-refractivity contribution in [3.05, 3.63) is 64.4 Å². The zero-order valence-corrected chi connectivity index (χ0v) is 18.3. The highest BCUT2D eigenvalue weighted by molar-refractivity contribution is 7.17. The number of carbonyl (C=O) groups is 1. The van der Waals surface area contributed by atoms with Gasteiger partial charge in [-0.25, -0.2) is 9.37 Å². The van der Waals surface area contributed by atoms with Gasteiger partial charge in [-0.05, 0) is 36.8 Å². The molecule has 1 aromatic heterocycles. The number of halogens is 1. The van der Waals surface area contributed by atoms with Crippen LogP contribution < -0.4 is 10.1 Å². The standard InChI is InChI=1S/C23H24FN3O3S/c1-15-21(31-23(25-15)20-18(24)4-3-5-19(20)29-2)22(28)26-17-8-6-16(7-9-17)14-27-10-12-30-13-11-27/h3-9H,10-14H2,1-2H3,(H,26,28). The lowest BCUT2D eigenvalue weighted by molar-refractivity contribution is 0.0342. The van der Waals surface area contributed by atoms with E-state index in [9.17, 15) is 9.18 Å². The van der Waals surface area contributed by atoms with E-state index in [1.165, 1.54) is 18.7 Å². The van der Waals surface area contributed by atoms with Crippen LogP contribution in [-0.4, -0.2) is 49.2 Å². The predicted molar refractivity (Wildman–Crippen MR) is 119 cm³/mol. The number of benzene rings is 2. The molecule has 1 aliphatic rings. The van der Waals surface area contributed by atoms with E-state index in [1.807, 2.05) is 24.3 Å². The molecule has 31 heavy (non-hydrogen) atoms. The Balaban J connectivity index is 1.47. The van der Waals surface area contributed by atoms with Crippen LogP contribution in [0.4, 0.5) is 10.1 Å². The smallest absolute Gasteiger partial charge is 0.267 e. The second-order valence-corrected chi connectivity index (χ2v) is 8.29. The number of methoxy groups -OCH3 is 1.